The van der Waals surface area contributed by atoms with E-state index in [9.17, 15) is 4.39 Å². The highest BCUT2D eigenvalue weighted by atomic mass is 19.1. The molecular weight excluding hydrogens is 227 g/mol. The van der Waals surface area contributed by atoms with E-state index in [-0.39, 0.29) is 5.82 Å². The molecule has 1 aliphatic carbocycles. The Morgan fingerprint density at radius 3 is 2.67 bits per heavy atom. The van der Waals surface area contributed by atoms with Crippen LogP contribution in [0.25, 0.3) is 0 Å². The van der Waals surface area contributed by atoms with Crippen molar-refractivity contribution in [2.24, 2.45) is 0 Å². The van der Waals surface area contributed by atoms with Gasteiger partial charge in [0.2, 0.25) is 0 Å². The summed E-state index contributed by atoms with van der Waals surface area (Å²) in [6, 6.07) is 7.33. The molecule has 0 heterocycles. The summed E-state index contributed by atoms with van der Waals surface area (Å²) in [6.45, 7) is 3.72. The molecule has 3 heteroatoms. The van der Waals surface area contributed by atoms with Crippen LogP contribution in [0.1, 0.15) is 43.7 Å². The first-order valence-corrected chi connectivity index (χ1v) is 6.67. The van der Waals surface area contributed by atoms with Crippen molar-refractivity contribution in [3.05, 3.63) is 35.1 Å². The van der Waals surface area contributed by atoms with Gasteiger partial charge in [-0.15, -0.1) is 0 Å². The van der Waals surface area contributed by atoms with Crippen LogP contribution < -0.4 is 0 Å². The van der Waals surface area contributed by atoms with Crippen LogP contribution in [-0.2, 0) is 6.54 Å². The number of benzene rings is 1. The number of nitrogens with zero attached hydrogens (tertiary/aromatic N) is 2. The predicted molar refractivity (Wildman–Crippen MR) is 69.5 cm³/mol. The van der Waals surface area contributed by atoms with Gasteiger partial charge >= 0.3 is 0 Å². The first-order chi connectivity index (χ1) is 8.74. The molecule has 1 fully saturated rings. The Labute approximate surface area is 108 Å². The summed E-state index contributed by atoms with van der Waals surface area (Å²) < 4.78 is 13.8. The van der Waals surface area contributed by atoms with Crippen LogP contribution in [0.3, 0.4) is 0 Å². The van der Waals surface area contributed by atoms with Crippen molar-refractivity contribution >= 4 is 0 Å². The van der Waals surface area contributed by atoms with Crippen LogP contribution in [0.15, 0.2) is 18.2 Å². The van der Waals surface area contributed by atoms with E-state index in [4.69, 9.17) is 5.26 Å². The molecule has 0 radical (unpaired) electrons. The van der Waals surface area contributed by atoms with Gasteiger partial charge in [-0.25, -0.2) is 4.39 Å². The van der Waals surface area contributed by atoms with Crippen molar-refractivity contribution in [2.45, 2.75) is 45.2 Å². The maximum atomic E-state index is 13.8. The van der Waals surface area contributed by atoms with Gasteiger partial charge in [0.15, 0.2) is 0 Å². The smallest absolute Gasteiger partial charge is 0.129 e. The van der Waals surface area contributed by atoms with E-state index < -0.39 is 0 Å². The number of rotatable bonds is 4. The zero-order valence-corrected chi connectivity index (χ0v) is 10.8. The van der Waals surface area contributed by atoms with Crippen LogP contribution in [0.4, 0.5) is 4.39 Å². The van der Waals surface area contributed by atoms with Crippen molar-refractivity contribution in [1.82, 2.24) is 4.90 Å². The molecular formula is C15H19FN2. The third-order valence-electron chi connectivity index (χ3n) is 3.80. The fraction of sp³-hybridized carbons (Fsp3) is 0.533. The Kier molecular flexibility index (Phi) is 4.33. The lowest BCUT2D eigenvalue weighted by Gasteiger charge is -2.27. The first-order valence-electron chi connectivity index (χ1n) is 6.67. The predicted octanol–water partition coefficient (Wildman–Crippen LogP) is 3.46. The van der Waals surface area contributed by atoms with E-state index in [1.54, 1.807) is 12.1 Å². The number of halogens is 1. The Hall–Kier alpha value is -1.40. The summed E-state index contributed by atoms with van der Waals surface area (Å²) in [5, 5.41) is 8.73. The molecule has 0 aliphatic heterocycles. The van der Waals surface area contributed by atoms with Gasteiger partial charge in [0.1, 0.15) is 5.82 Å². The zero-order chi connectivity index (χ0) is 13.0. The minimum absolute atomic E-state index is 0.259. The molecule has 0 spiro atoms. The van der Waals surface area contributed by atoms with Crippen molar-refractivity contribution < 1.29 is 4.39 Å². The van der Waals surface area contributed by atoms with Gasteiger partial charge in [-0.2, -0.15) is 5.26 Å². The Bertz CT molecular complexity index is 444. The SMILES string of the molecule is CCN(Cc1ccc(C#N)cc1F)C1CCCC1. The molecule has 1 aromatic rings. The van der Waals surface area contributed by atoms with Crippen molar-refractivity contribution in [2.75, 3.05) is 6.54 Å². The lowest BCUT2D eigenvalue weighted by Crippen LogP contribution is -2.32. The summed E-state index contributed by atoms with van der Waals surface area (Å²) >= 11 is 0. The molecule has 0 unspecified atom stereocenters. The van der Waals surface area contributed by atoms with E-state index in [2.05, 4.69) is 11.8 Å². The van der Waals surface area contributed by atoms with E-state index in [1.165, 1.54) is 31.7 Å². The molecule has 0 atom stereocenters. The van der Waals surface area contributed by atoms with Gasteiger partial charge in [0.05, 0.1) is 11.6 Å². The highest BCUT2D eigenvalue weighted by molar-refractivity contribution is 5.32. The van der Waals surface area contributed by atoms with Crippen LogP contribution >= 0.6 is 0 Å². The molecule has 2 nitrogen and oxygen atoms in total. The quantitative estimate of drug-likeness (QED) is 0.813. The molecule has 1 saturated carbocycles. The Morgan fingerprint density at radius 2 is 2.11 bits per heavy atom. The zero-order valence-electron chi connectivity index (χ0n) is 10.8. The normalized spacial score (nSPS) is 16.1. The van der Waals surface area contributed by atoms with Crippen molar-refractivity contribution in [3.8, 4) is 6.07 Å². The van der Waals surface area contributed by atoms with Gasteiger partial charge in [0.25, 0.3) is 0 Å². The molecule has 1 aliphatic rings. The lowest BCUT2D eigenvalue weighted by molar-refractivity contribution is 0.198. The second-order valence-corrected chi connectivity index (χ2v) is 4.92. The molecule has 0 N–H and O–H groups in total. The molecule has 0 saturated heterocycles. The van der Waals surface area contributed by atoms with E-state index in [0.717, 1.165) is 6.54 Å². The molecule has 96 valence electrons. The monoisotopic (exact) mass is 246 g/mol. The molecule has 0 aromatic heterocycles. The molecule has 0 bridgehead atoms. The summed E-state index contributed by atoms with van der Waals surface area (Å²) in [4.78, 5) is 2.34. The fourth-order valence-corrected chi connectivity index (χ4v) is 2.73. The van der Waals surface area contributed by atoms with Crippen LogP contribution in [-0.4, -0.2) is 17.5 Å². The number of nitriles is 1. The van der Waals surface area contributed by atoms with Crippen LogP contribution in [0, 0.1) is 17.1 Å². The lowest BCUT2D eigenvalue weighted by atomic mass is 10.1. The van der Waals surface area contributed by atoms with E-state index in [1.807, 2.05) is 6.07 Å². The topological polar surface area (TPSA) is 27.0 Å². The largest absolute Gasteiger partial charge is 0.296 e. The summed E-state index contributed by atoms with van der Waals surface area (Å²) in [5.41, 5.74) is 1.09. The van der Waals surface area contributed by atoms with Crippen LogP contribution in [0.5, 0.6) is 0 Å². The number of hydrogen-bond acceptors (Lipinski definition) is 2. The van der Waals surface area contributed by atoms with Gasteiger partial charge < -0.3 is 0 Å². The average Bonchev–Trinajstić information content (AvgIpc) is 2.91. The molecule has 1 aromatic carbocycles. The standard InChI is InChI=1S/C15H19FN2/c1-2-18(14-5-3-4-6-14)11-13-8-7-12(10-17)9-15(13)16/h7-9,14H,2-6,11H2,1H3. The number of hydrogen-bond donors (Lipinski definition) is 0. The van der Waals surface area contributed by atoms with Gasteiger partial charge in [-0.05, 0) is 31.5 Å². The van der Waals surface area contributed by atoms with E-state index >= 15 is 0 Å². The van der Waals surface area contributed by atoms with Crippen molar-refractivity contribution in [1.29, 1.82) is 5.26 Å². The maximum Gasteiger partial charge on any atom is 0.129 e. The third-order valence-corrected chi connectivity index (χ3v) is 3.80. The third kappa shape index (κ3) is 2.88. The highest BCUT2D eigenvalue weighted by Gasteiger charge is 2.22. The Balaban J connectivity index is 2.09. The minimum atomic E-state index is -0.259. The van der Waals surface area contributed by atoms with Crippen molar-refractivity contribution in [3.63, 3.8) is 0 Å². The second-order valence-electron chi connectivity index (χ2n) is 4.92. The van der Waals surface area contributed by atoms with Gasteiger partial charge in [-0.3, -0.25) is 4.90 Å². The molecule has 2 rings (SSSR count). The minimum Gasteiger partial charge on any atom is -0.296 e. The highest BCUT2D eigenvalue weighted by Crippen LogP contribution is 2.25. The summed E-state index contributed by atoms with van der Waals surface area (Å²) in [7, 11) is 0. The molecule has 18 heavy (non-hydrogen) atoms. The van der Waals surface area contributed by atoms with Gasteiger partial charge in [0, 0.05) is 18.2 Å². The van der Waals surface area contributed by atoms with Gasteiger partial charge in [-0.1, -0.05) is 25.8 Å². The average molecular weight is 246 g/mol. The second kappa shape index (κ2) is 5.97. The molecule has 0 amide bonds. The maximum absolute atomic E-state index is 13.8. The summed E-state index contributed by atoms with van der Waals surface area (Å²) in [5.74, 6) is -0.259. The fourth-order valence-electron chi connectivity index (χ4n) is 2.73. The van der Waals surface area contributed by atoms with Crippen LogP contribution in [0.2, 0.25) is 0 Å². The Morgan fingerprint density at radius 1 is 1.39 bits per heavy atom. The summed E-state index contributed by atoms with van der Waals surface area (Å²) in [6.07, 6.45) is 5.03. The first kappa shape index (κ1) is 13.0. The van der Waals surface area contributed by atoms with E-state index in [0.29, 0.717) is 23.7 Å².